The number of hydrazine groups is 1. The van der Waals surface area contributed by atoms with Gasteiger partial charge in [0.25, 0.3) is 0 Å². The fourth-order valence-corrected chi connectivity index (χ4v) is 1.51. The number of alkyl halides is 3. The number of aromatic nitrogens is 2. The molecule has 1 unspecified atom stereocenters. The van der Waals surface area contributed by atoms with Crippen LogP contribution in [0.4, 0.5) is 19.1 Å². The Bertz CT molecular complexity index is 411. The predicted molar refractivity (Wildman–Crippen MR) is 64.4 cm³/mol. The SMILES string of the molecule is CCCC(C)COc1cc(C(F)(F)F)nc(NN)n1. The smallest absolute Gasteiger partial charge is 0.433 e. The Morgan fingerprint density at radius 3 is 2.63 bits per heavy atom. The molecule has 1 rings (SSSR count). The third kappa shape index (κ3) is 4.90. The van der Waals surface area contributed by atoms with Gasteiger partial charge in [-0.25, -0.2) is 10.8 Å². The molecule has 0 saturated carbocycles. The first-order valence-electron chi connectivity index (χ1n) is 5.92. The van der Waals surface area contributed by atoms with Gasteiger partial charge in [-0.05, 0) is 12.3 Å². The lowest BCUT2D eigenvalue weighted by Gasteiger charge is -2.13. The Labute approximate surface area is 109 Å². The van der Waals surface area contributed by atoms with Crippen LogP contribution in [0.25, 0.3) is 0 Å². The van der Waals surface area contributed by atoms with E-state index < -0.39 is 11.9 Å². The number of nitrogen functional groups attached to an aromatic ring is 1. The molecule has 1 atom stereocenters. The zero-order valence-electron chi connectivity index (χ0n) is 10.8. The number of nitrogens with two attached hydrogens (primary N) is 1. The highest BCUT2D eigenvalue weighted by Gasteiger charge is 2.34. The fraction of sp³-hybridized carbons (Fsp3) is 0.636. The van der Waals surface area contributed by atoms with Crippen molar-refractivity contribution in [3.05, 3.63) is 11.8 Å². The van der Waals surface area contributed by atoms with E-state index in [1.165, 1.54) is 0 Å². The van der Waals surface area contributed by atoms with Crippen molar-refractivity contribution in [2.75, 3.05) is 12.0 Å². The van der Waals surface area contributed by atoms with Crippen molar-refractivity contribution in [2.45, 2.75) is 32.9 Å². The molecule has 0 saturated heterocycles. The summed E-state index contributed by atoms with van der Waals surface area (Å²) in [5.74, 6) is 4.81. The van der Waals surface area contributed by atoms with Gasteiger partial charge in [-0.2, -0.15) is 18.2 Å². The highest BCUT2D eigenvalue weighted by atomic mass is 19.4. The van der Waals surface area contributed by atoms with Crippen LogP contribution in [0.3, 0.4) is 0 Å². The summed E-state index contributed by atoms with van der Waals surface area (Å²) < 4.78 is 43.0. The summed E-state index contributed by atoms with van der Waals surface area (Å²) in [6, 6.07) is 0.763. The molecule has 0 aliphatic rings. The first-order valence-corrected chi connectivity index (χ1v) is 5.92. The van der Waals surface area contributed by atoms with Crippen LogP contribution in [0.5, 0.6) is 5.88 Å². The number of rotatable bonds is 6. The Balaban J connectivity index is 2.83. The van der Waals surface area contributed by atoms with Crippen molar-refractivity contribution >= 4 is 5.95 Å². The normalized spacial score (nSPS) is 13.2. The van der Waals surface area contributed by atoms with E-state index in [-0.39, 0.29) is 17.7 Å². The number of nitrogens with zero attached hydrogens (tertiary/aromatic N) is 2. The molecule has 0 bridgehead atoms. The van der Waals surface area contributed by atoms with Gasteiger partial charge in [0.2, 0.25) is 11.8 Å². The van der Waals surface area contributed by atoms with E-state index in [2.05, 4.69) is 9.97 Å². The van der Waals surface area contributed by atoms with Crippen molar-refractivity contribution in [3.63, 3.8) is 0 Å². The van der Waals surface area contributed by atoms with E-state index >= 15 is 0 Å². The zero-order valence-corrected chi connectivity index (χ0v) is 10.8. The van der Waals surface area contributed by atoms with Crippen LogP contribution >= 0.6 is 0 Å². The van der Waals surface area contributed by atoms with E-state index in [1.807, 2.05) is 19.3 Å². The minimum absolute atomic E-state index is 0.141. The maximum Gasteiger partial charge on any atom is 0.433 e. The van der Waals surface area contributed by atoms with Gasteiger partial charge in [0.1, 0.15) is 0 Å². The van der Waals surface area contributed by atoms with E-state index in [0.717, 1.165) is 18.9 Å². The Morgan fingerprint density at radius 2 is 2.11 bits per heavy atom. The van der Waals surface area contributed by atoms with Crippen molar-refractivity contribution in [1.82, 2.24) is 9.97 Å². The summed E-state index contributed by atoms with van der Waals surface area (Å²) in [6.07, 6.45) is -2.65. The van der Waals surface area contributed by atoms with Crippen LogP contribution in [0.2, 0.25) is 0 Å². The molecule has 8 heteroatoms. The minimum atomic E-state index is -4.57. The average Bonchev–Trinajstić information content (AvgIpc) is 2.35. The second kappa shape index (κ2) is 6.55. The summed E-state index contributed by atoms with van der Waals surface area (Å²) in [7, 11) is 0. The summed E-state index contributed by atoms with van der Waals surface area (Å²) in [4.78, 5) is 6.96. The third-order valence-electron chi connectivity index (χ3n) is 2.42. The van der Waals surface area contributed by atoms with Gasteiger partial charge in [0.15, 0.2) is 5.69 Å². The molecular formula is C11H17F3N4O. The summed E-state index contributed by atoms with van der Waals surface area (Å²) in [5.41, 5.74) is 0.901. The molecule has 3 N–H and O–H groups in total. The Hall–Kier alpha value is -1.57. The molecule has 1 aromatic rings. The third-order valence-corrected chi connectivity index (χ3v) is 2.42. The summed E-state index contributed by atoms with van der Waals surface area (Å²) >= 11 is 0. The van der Waals surface area contributed by atoms with Crippen molar-refractivity contribution in [2.24, 2.45) is 11.8 Å². The highest BCUT2D eigenvalue weighted by Crippen LogP contribution is 2.30. The van der Waals surface area contributed by atoms with Gasteiger partial charge in [-0.3, -0.25) is 5.43 Å². The van der Waals surface area contributed by atoms with Crippen LogP contribution in [0.1, 0.15) is 32.4 Å². The van der Waals surface area contributed by atoms with Crippen molar-refractivity contribution in [1.29, 1.82) is 0 Å². The van der Waals surface area contributed by atoms with Crippen LogP contribution in [-0.4, -0.2) is 16.6 Å². The quantitative estimate of drug-likeness (QED) is 0.618. The van der Waals surface area contributed by atoms with Gasteiger partial charge in [-0.15, -0.1) is 0 Å². The molecule has 5 nitrogen and oxygen atoms in total. The lowest BCUT2D eigenvalue weighted by atomic mass is 10.1. The molecule has 1 aromatic heterocycles. The van der Waals surface area contributed by atoms with Crippen molar-refractivity contribution in [3.8, 4) is 5.88 Å². The number of halogens is 3. The number of nitrogens with one attached hydrogen (secondary N) is 1. The maximum atomic E-state index is 12.6. The minimum Gasteiger partial charge on any atom is -0.477 e. The molecule has 19 heavy (non-hydrogen) atoms. The maximum absolute atomic E-state index is 12.6. The monoisotopic (exact) mass is 278 g/mol. The lowest BCUT2D eigenvalue weighted by molar-refractivity contribution is -0.141. The molecule has 1 heterocycles. The van der Waals surface area contributed by atoms with E-state index in [0.29, 0.717) is 6.61 Å². The van der Waals surface area contributed by atoms with Crippen LogP contribution in [0.15, 0.2) is 6.07 Å². The van der Waals surface area contributed by atoms with Gasteiger partial charge in [-0.1, -0.05) is 20.3 Å². The molecule has 0 aliphatic carbocycles. The molecule has 108 valence electrons. The largest absolute Gasteiger partial charge is 0.477 e. The van der Waals surface area contributed by atoms with Crippen LogP contribution in [-0.2, 0) is 6.18 Å². The van der Waals surface area contributed by atoms with Gasteiger partial charge in [0, 0.05) is 6.07 Å². The predicted octanol–water partition coefficient (Wildman–Crippen LogP) is 2.60. The van der Waals surface area contributed by atoms with Gasteiger partial charge >= 0.3 is 6.18 Å². The molecule has 0 fully saturated rings. The fourth-order valence-electron chi connectivity index (χ4n) is 1.51. The highest BCUT2D eigenvalue weighted by molar-refractivity contribution is 5.30. The number of hydrogen-bond acceptors (Lipinski definition) is 5. The van der Waals surface area contributed by atoms with E-state index in [1.54, 1.807) is 0 Å². The van der Waals surface area contributed by atoms with Gasteiger partial charge < -0.3 is 4.74 Å². The van der Waals surface area contributed by atoms with Gasteiger partial charge in [0.05, 0.1) is 6.61 Å². The van der Waals surface area contributed by atoms with E-state index in [9.17, 15) is 13.2 Å². The summed E-state index contributed by atoms with van der Waals surface area (Å²) in [5, 5.41) is 0. The van der Waals surface area contributed by atoms with Crippen LogP contribution in [0, 0.1) is 5.92 Å². The van der Waals surface area contributed by atoms with Crippen molar-refractivity contribution < 1.29 is 17.9 Å². The first-order chi connectivity index (χ1) is 8.86. The molecule has 0 spiro atoms. The number of anilines is 1. The lowest BCUT2D eigenvalue weighted by Crippen LogP contribution is -2.17. The second-order valence-corrected chi connectivity index (χ2v) is 4.26. The Morgan fingerprint density at radius 1 is 1.42 bits per heavy atom. The Kier molecular flexibility index (Phi) is 5.34. The summed E-state index contributed by atoms with van der Waals surface area (Å²) in [6.45, 7) is 4.28. The zero-order chi connectivity index (χ0) is 14.5. The first kappa shape index (κ1) is 15.5. The number of ether oxygens (including phenoxy) is 1. The van der Waals surface area contributed by atoms with Crippen LogP contribution < -0.4 is 16.0 Å². The number of hydrogen-bond donors (Lipinski definition) is 2. The standard InChI is InChI=1S/C11H17F3N4O/c1-3-4-7(2)6-19-9-5-8(11(12,13)14)16-10(17-9)18-15/h5,7H,3-4,6,15H2,1-2H3,(H,16,17,18). The average molecular weight is 278 g/mol. The molecule has 0 aromatic carbocycles. The topological polar surface area (TPSA) is 73.1 Å². The molecule has 0 aliphatic heterocycles. The molecule has 0 amide bonds. The second-order valence-electron chi connectivity index (χ2n) is 4.26. The molecular weight excluding hydrogens is 261 g/mol. The van der Waals surface area contributed by atoms with E-state index in [4.69, 9.17) is 10.6 Å². The molecule has 0 radical (unpaired) electrons.